The Labute approximate surface area is 103 Å². The van der Waals surface area contributed by atoms with Crippen molar-refractivity contribution in [3.05, 3.63) is 35.1 Å². The van der Waals surface area contributed by atoms with Crippen LogP contribution in [0.2, 0.25) is 0 Å². The number of nitrogens with zero attached hydrogens (tertiary/aromatic N) is 1. The third-order valence-corrected chi connectivity index (χ3v) is 2.19. The molecule has 0 atom stereocenters. The fourth-order valence-corrected chi connectivity index (χ4v) is 1.23. The van der Waals surface area contributed by atoms with Crippen molar-refractivity contribution in [2.75, 3.05) is 13.7 Å². The molecule has 0 fully saturated rings. The van der Waals surface area contributed by atoms with Gasteiger partial charge in [-0.1, -0.05) is 0 Å². The van der Waals surface area contributed by atoms with E-state index in [4.69, 9.17) is 5.26 Å². The molecule has 1 rings (SSSR count). The minimum atomic E-state index is -0.752. The van der Waals surface area contributed by atoms with Crippen molar-refractivity contribution in [1.82, 2.24) is 5.32 Å². The Kier molecular flexibility index (Phi) is 4.81. The number of hydrogen-bond donors (Lipinski definition) is 1. The number of amides is 1. The van der Waals surface area contributed by atoms with E-state index in [0.29, 0.717) is 0 Å². The van der Waals surface area contributed by atoms with E-state index >= 15 is 0 Å². The molecule has 0 heterocycles. The van der Waals surface area contributed by atoms with E-state index in [2.05, 4.69) is 10.1 Å². The normalized spacial score (nSPS) is 9.39. The summed E-state index contributed by atoms with van der Waals surface area (Å²) < 4.78 is 17.6. The highest BCUT2D eigenvalue weighted by Crippen LogP contribution is 2.09. The van der Waals surface area contributed by atoms with Crippen molar-refractivity contribution in [3.8, 4) is 6.07 Å². The smallest absolute Gasteiger partial charge is 0.307 e. The molecule has 1 N–H and O–H groups in total. The first kappa shape index (κ1) is 13.6. The molecule has 1 aromatic rings. The number of nitriles is 1. The lowest BCUT2D eigenvalue weighted by molar-refractivity contribution is -0.140. The lowest BCUT2D eigenvalue weighted by Crippen LogP contribution is -2.26. The van der Waals surface area contributed by atoms with Crippen LogP contribution in [0.5, 0.6) is 0 Å². The van der Waals surface area contributed by atoms with Crippen LogP contribution in [-0.2, 0) is 9.53 Å². The molecule has 0 unspecified atom stereocenters. The Morgan fingerprint density at radius 1 is 1.50 bits per heavy atom. The highest BCUT2D eigenvalue weighted by Gasteiger charge is 2.09. The summed E-state index contributed by atoms with van der Waals surface area (Å²) in [5.74, 6) is -1.71. The molecule has 0 aromatic heterocycles. The van der Waals surface area contributed by atoms with E-state index < -0.39 is 17.7 Å². The van der Waals surface area contributed by atoms with E-state index in [1.54, 1.807) is 6.07 Å². The molecule has 0 aliphatic heterocycles. The zero-order valence-corrected chi connectivity index (χ0v) is 9.70. The van der Waals surface area contributed by atoms with Gasteiger partial charge in [-0.3, -0.25) is 9.59 Å². The molecule has 0 radical (unpaired) electrons. The minimum Gasteiger partial charge on any atom is -0.469 e. The Balaban J connectivity index is 2.60. The topological polar surface area (TPSA) is 79.2 Å². The highest BCUT2D eigenvalue weighted by molar-refractivity contribution is 5.94. The van der Waals surface area contributed by atoms with E-state index in [1.807, 2.05) is 0 Å². The summed E-state index contributed by atoms with van der Waals surface area (Å²) in [6, 6.07) is 5.21. The van der Waals surface area contributed by atoms with Crippen LogP contribution >= 0.6 is 0 Å². The van der Waals surface area contributed by atoms with Gasteiger partial charge in [-0.15, -0.1) is 0 Å². The van der Waals surface area contributed by atoms with Gasteiger partial charge in [-0.2, -0.15) is 5.26 Å². The number of carbonyl (C=O) groups excluding carboxylic acids is 2. The number of rotatable bonds is 4. The molecule has 0 aliphatic rings. The van der Waals surface area contributed by atoms with Gasteiger partial charge in [0.05, 0.1) is 19.1 Å². The van der Waals surface area contributed by atoms with E-state index in [1.165, 1.54) is 19.2 Å². The van der Waals surface area contributed by atoms with Gasteiger partial charge in [0.15, 0.2) is 0 Å². The summed E-state index contributed by atoms with van der Waals surface area (Å²) in [6.07, 6.45) is 0.0427. The Hall–Kier alpha value is -2.42. The number of benzene rings is 1. The minimum absolute atomic E-state index is 0.0427. The van der Waals surface area contributed by atoms with Gasteiger partial charge < -0.3 is 10.1 Å². The first-order valence-electron chi connectivity index (χ1n) is 5.13. The SMILES string of the molecule is COC(=O)CCNC(=O)c1ccc(C#N)c(F)c1. The molecule has 0 saturated carbocycles. The third-order valence-electron chi connectivity index (χ3n) is 2.19. The molecule has 0 aliphatic carbocycles. The van der Waals surface area contributed by atoms with Crippen molar-refractivity contribution in [2.24, 2.45) is 0 Å². The van der Waals surface area contributed by atoms with Crippen molar-refractivity contribution in [3.63, 3.8) is 0 Å². The molecule has 0 spiro atoms. The quantitative estimate of drug-likeness (QED) is 0.808. The summed E-state index contributed by atoms with van der Waals surface area (Å²) in [7, 11) is 1.25. The summed E-state index contributed by atoms with van der Waals surface area (Å²) in [5.41, 5.74) is -0.0301. The lowest BCUT2D eigenvalue weighted by Gasteiger charge is -2.04. The first-order chi connectivity index (χ1) is 8.58. The van der Waals surface area contributed by atoms with Crippen LogP contribution in [0.3, 0.4) is 0 Å². The Bertz CT molecular complexity index is 509. The summed E-state index contributed by atoms with van der Waals surface area (Å²) in [6.45, 7) is 0.104. The predicted octanol–water partition coefficient (Wildman–Crippen LogP) is 0.990. The first-order valence-corrected chi connectivity index (χ1v) is 5.13. The Morgan fingerprint density at radius 3 is 2.78 bits per heavy atom. The van der Waals surface area contributed by atoms with Crippen molar-refractivity contribution in [2.45, 2.75) is 6.42 Å². The summed E-state index contributed by atoms with van der Waals surface area (Å²) >= 11 is 0. The van der Waals surface area contributed by atoms with Crippen LogP contribution in [0.15, 0.2) is 18.2 Å². The molecular weight excluding hydrogens is 239 g/mol. The van der Waals surface area contributed by atoms with Gasteiger partial charge in [0.2, 0.25) is 0 Å². The lowest BCUT2D eigenvalue weighted by atomic mass is 10.1. The van der Waals surface area contributed by atoms with Gasteiger partial charge in [-0.05, 0) is 18.2 Å². The second-order valence-corrected chi connectivity index (χ2v) is 3.39. The van der Waals surface area contributed by atoms with E-state index in [9.17, 15) is 14.0 Å². The fourth-order valence-electron chi connectivity index (χ4n) is 1.23. The molecule has 1 aromatic carbocycles. The predicted molar refractivity (Wildman–Crippen MR) is 60.1 cm³/mol. The standard InChI is InChI=1S/C12H11FN2O3/c1-18-11(16)4-5-15-12(17)8-2-3-9(7-14)10(13)6-8/h2-3,6H,4-5H2,1H3,(H,15,17). The van der Waals surface area contributed by atoms with Crippen molar-refractivity contribution >= 4 is 11.9 Å². The number of carbonyl (C=O) groups is 2. The third kappa shape index (κ3) is 3.56. The molecule has 6 heteroatoms. The molecule has 18 heavy (non-hydrogen) atoms. The monoisotopic (exact) mass is 250 g/mol. The van der Waals surface area contributed by atoms with Gasteiger partial charge in [0.1, 0.15) is 11.9 Å². The van der Waals surface area contributed by atoms with E-state index in [-0.39, 0.29) is 24.1 Å². The number of halogens is 1. The number of hydrogen-bond acceptors (Lipinski definition) is 4. The van der Waals surface area contributed by atoms with Gasteiger partial charge in [0.25, 0.3) is 5.91 Å². The molecular formula is C12H11FN2O3. The maximum atomic E-state index is 13.2. The largest absolute Gasteiger partial charge is 0.469 e. The van der Waals surface area contributed by atoms with Crippen LogP contribution in [-0.4, -0.2) is 25.5 Å². The average Bonchev–Trinajstić information content (AvgIpc) is 2.38. The summed E-state index contributed by atoms with van der Waals surface area (Å²) in [5, 5.41) is 11.0. The van der Waals surface area contributed by atoms with Crippen LogP contribution < -0.4 is 5.32 Å². The second-order valence-electron chi connectivity index (χ2n) is 3.39. The molecule has 5 nitrogen and oxygen atoms in total. The number of esters is 1. The zero-order valence-electron chi connectivity index (χ0n) is 9.70. The van der Waals surface area contributed by atoms with Crippen molar-refractivity contribution in [1.29, 1.82) is 5.26 Å². The maximum Gasteiger partial charge on any atom is 0.307 e. The number of ether oxygens (including phenoxy) is 1. The Morgan fingerprint density at radius 2 is 2.22 bits per heavy atom. The van der Waals surface area contributed by atoms with Crippen LogP contribution in [0.1, 0.15) is 22.3 Å². The van der Waals surface area contributed by atoms with Crippen molar-refractivity contribution < 1.29 is 18.7 Å². The fraction of sp³-hybridized carbons (Fsp3) is 0.250. The molecule has 0 saturated heterocycles. The molecule has 94 valence electrons. The van der Waals surface area contributed by atoms with Gasteiger partial charge in [-0.25, -0.2) is 4.39 Å². The maximum absolute atomic E-state index is 13.2. The molecule has 1 amide bonds. The van der Waals surface area contributed by atoms with Gasteiger partial charge in [0, 0.05) is 12.1 Å². The van der Waals surface area contributed by atoms with Crippen LogP contribution in [0, 0.1) is 17.1 Å². The molecule has 0 bridgehead atoms. The zero-order chi connectivity index (χ0) is 13.5. The average molecular weight is 250 g/mol. The van der Waals surface area contributed by atoms with E-state index in [0.717, 1.165) is 6.07 Å². The van der Waals surface area contributed by atoms with Crippen LogP contribution in [0.4, 0.5) is 4.39 Å². The second kappa shape index (κ2) is 6.35. The number of methoxy groups -OCH3 is 1. The number of nitrogens with one attached hydrogen (secondary N) is 1. The highest BCUT2D eigenvalue weighted by atomic mass is 19.1. The summed E-state index contributed by atoms with van der Waals surface area (Å²) in [4.78, 5) is 22.4. The van der Waals surface area contributed by atoms with Gasteiger partial charge >= 0.3 is 5.97 Å². The van der Waals surface area contributed by atoms with Crippen LogP contribution in [0.25, 0.3) is 0 Å².